The number of halogens is 1. The highest BCUT2D eigenvalue weighted by molar-refractivity contribution is 6.30. The fraction of sp³-hybridized carbons (Fsp3) is 0.455. The minimum Gasteiger partial charge on any atom is -0.496 e. The van der Waals surface area contributed by atoms with Crippen LogP contribution in [-0.2, 0) is 10.3 Å². The van der Waals surface area contributed by atoms with Crippen molar-refractivity contribution in [2.45, 2.75) is 12.5 Å². The molecule has 0 atom stereocenters. The summed E-state index contributed by atoms with van der Waals surface area (Å²) in [6.45, 7) is 2.49. The van der Waals surface area contributed by atoms with Crippen LogP contribution in [0.2, 0.25) is 5.02 Å². The molecular formula is C11H13ClO3. The molecule has 82 valence electrons. The second-order valence-electron chi connectivity index (χ2n) is 3.83. The van der Waals surface area contributed by atoms with Crippen LogP contribution in [0.15, 0.2) is 12.1 Å². The van der Waals surface area contributed by atoms with E-state index in [1.165, 1.54) is 0 Å². The van der Waals surface area contributed by atoms with Crippen LogP contribution in [0.5, 0.6) is 5.75 Å². The molecule has 0 saturated carbocycles. The molecule has 0 bridgehead atoms. The third-order valence-electron chi connectivity index (χ3n) is 2.63. The van der Waals surface area contributed by atoms with Gasteiger partial charge in [0.15, 0.2) is 0 Å². The summed E-state index contributed by atoms with van der Waals surface area (Å²) in [4.78, 5) is 0. The lowest BCUT2D eigenvalue weighted by Crippen LogP contribution is -2.46. The van der Waals surface area contributed by atoms with Gasteiger partial charge in [0.1, 0.15) is 11.4 Å². The topological polar surface area (TPSA) is 38.7 Å². The molecule has 0 unspecified atom stereocenters. The summed E-state index contributed by atoms with van der Waals surface area (Å²) >= 11 is 5.96. The Balaban J connectivity index is 2.53. The molecule has 1 aromatic carbocycles. The van der Waals surface area contributed by atoms with Gasteiger partial charge in [0.05, 0.1) is 20.3 Å². The van der Waals surface area contributed by atoms with Crippen molar-refractivity contribution in [2.75, 3.05) is 20.3 Å². The van der Waals surface area contributed by atoms with Crippen LogP contribution in [0.4, 0.5) is 0 Å². The Morgan fingerprint density at radius 2 is 2.13 bits per heavy atom. The molecule has 4 heteroatoms. The summed E-state index contributed by atoms with van der Waals surface area (Å²) < 4.78 is 10.3. The van der Waals surface area contributed by atoms with Gasteiger partial charge in [-0.05, 0) is 24.6 Å². The molecule has 1 aromatic rings. The van der Waals surface area contributed by atoms with Gasteiger partial charge in [-0.1, -0.05) is 11.6 Å². The van der Waals surface area contributed by atoms with Gasteiger partial charge in [-0.15, -0.1) is 0 Å². The van der Waals surface area contributed by atoms with E-state index in [1.54, 1.807) is 13.2 Å². The van der Waals surface area contributed by atoms with Gasteiger partial charge >= 0.3 is 0 Å². The molecule has 3 nitrogen and oxygen atoms in total. The summed E-state index contributed by atoms with van der Waals surface area (Å²) in [5.41, 5.74) is 0.683. The summed E-state index contributed by atoms with van der Waals surface area (Å²) in [5.74, 6) is 0.685. The van der Waals surface area contributed by atoms with E-state index < -0.39 is 5.60 Å². The van der Waals surface area contributed by atoms with Gasteiger partial charge < -0.3 is 14.6 Å². The highest BCUT2D eigenvalue weighted by Crippen LogP contribution is 2.39. The lowest BCUT2D eigenvalue weighted by molar-refractivity contribution is -0.185. The lowest BCUT2D eigenvalue weighted by atomic mass is 9.90. The Morgan fingerprint density at radius 3 is 2.60 bits per heavy atom. The van der Waals surface area contributed by atoms with E-state index in [0.29, 0.717) is 29.5 Å². The van der Waals surface area contributed by atoms with Crippen LogP contribution in [0.1, 0.15) is 11.1 Å². The molecule has 1 saturated heterocycles. The molecule has 1 N–H and O–H groups in total. The Morgan fingerprint density at radius 1 is 1.47 bits per heavy atom. The van der Waals surface area contributed by atoms with Crippen molar-refractivity contribution < 1.29 is 14.6 Å². The van der Waals surface area contributed by atoms with Crippen molar-refractivity contribution in [3.05, 3.63) is 28.3 Å². The zero-order chi connectivity index (χ0) is 11.1. The van der Waals surface area contributed by atoms with Crippen molar-refractivity contribution in [3.8, 4) is 5.75 Å². The van der Waals surface area contributed by atoms with Gasteiger partial charge in [-0.25, -0.2) is 0 Å². The Kier molecular flexibility index (Phi) is 2.63. The van der Waals surface area contributed by atoms with Crippen LogP contribution >= 0.6 is 11.6 Å². The number of hydrogen-bond donors (Lipinski definition) is 1. The number of rotatable bonds is 2. The average Bonchev–Trinajstić information content (AvgIpc) is 2.13. The normalized spacial score (nSPS) is 18.4. The monoisotopic (exact) mass is 228 g/mol. The lowest BCUT2D eigenvalue weighted by Gasteiger charge is -2.37. The molecule has 2 rings (SSSR count). The number of aryl methyl sites for hydroxylation is 1. The minimum absolute atomic E-state index is 0.295. The highest BCUT2D eigenvalue weighted by atomic mass is 35.5. The first-order valence-electron chi connectivity index (χ1n) is 4.71. The Hall–Kier alpha value is -0.770. The minimum atomic E-state index is -0.943. The fourth-order valence-electron chi connectivity index (χ4n) is 1.80. The van der Waals surface area contributed by atoms with E-state index in [-0.39, 0.29) is 0 Å². The molecule has 0 aromatic heterocycles. The number of ether oxygens (including phenoxy) is 2. The molecular weight excluding hydrogens is 216 g/mol. The average molecular weight is 229 g/mol. The van der Waals surface area contributed by atoms with Crippen LogP contribution in [0, 0.1) is 6.92 Å². The van der Waals surface area contributed by atoms with Gasteiger partial charge in [0.25, 0.3) is 0 Å². The summed E-state index contributed by atoms with van der Waals surface area (Å²) in [5, 5.41) is 10.8. The van der Waals surface area contributed by atoms with Gasteiger partial charge in [0, 0.05) is 10.6 Å². The van der Waals surface area contributed by atoms with Crippen molar-refractivity contribution >= 4 is 11.6 Å². The molecule has 1 aliphatic rings. The maximum absolute atomic E-state index is 10.2. The quantitative estimate of drug-likeness (QED) is 0.840. The third-order valence-corrected chi connectivity index (χ3v) is 2.84. The molecule has 0 amide bonds. The van der Waals surface area contributed by atoms with Gasteiger partial charge in [0.2, 0.25) is 0 Å². The van der Waals surface area contributed by atoms with Crippen LogP contribution in [-0.4, -0.2) is 25.4 Å². The first-order chi connectivity index (χ1) is 7.07. The van der Waals surface area contributed by atoms with E-state index in [0.717, 1.165) is 5.56 Å². The van der Waals surface area contributed by atoms with E-state index in [4.69, 9.17) is 21.1 Å². The first kappa shape index (κ1) is 10.7. The van der Waals surface area contributed by atoms with Gasteiger partial charge in [-0.3, -0.25) is 0 Å². The van der Waals surface area contributed by atoms with E-state index in [9.17, 15) is 5.11 Å². The number of aliphatic hydroxyl groups is 1. The standard InChI is InChI=1S/C11H13ClO3/c1-7-3-8(12)4-9(10(7)14-2)11(13)5-15-6-11/h3-4,13H,5-6H2,1-2H3. The number of benzene rings is 1. The highest BCUT2D eigenvalue weighted by Gasteiger charge is 2.40. The SMILES string of the molecule is COc1c(C)cc(Cl)cc1C1(O)COC1. The van der Waals surface area contributed by atoms with Crippen LogP contribution < -0.4 is 4.74 Å². The zero-order valence-corrected chi connectivity index (χ0v) is 9.47. The summed E-state index contributed by atoms with van der Waals surface area (Å²) in [6.07, 6.45) is 0. The fourth-order valence-corrected chi connectivity index (χ4v) is 2.07. The third kappa shape index (κ3) is 1.71. The molecule has 1 heterocycles. The molecule has 1 fully saturated rings. The molecule has 0 aliphatic carbocycles. The van der Waals surface area contributed by atoms with E-state index >= 15 is 0 Å². The van der Waals surface area contributed by atoms with E-state index in [2.05, 4.69) is 0 Å². The Bertz CT molecular complexity index is 386. The van der Waals surface area contributed by atoms with Crippen LogP contribution in [0.3, 0.4) is 0 Å². The number of hydrogen-bond acceptors (Lipinski definition) is 3. The first-order valence-corrected chi connectivity index (χ1v) is 5.09. The number of methoxy groups -OCH3 is 1. The smallest absolute Gasteiger partial charge is 0.140 e. The second-order valence-corrected chi connectivity index (χ2v) is 4.26. The molecule has 1 aliphatic heterocycles. The van der Waals surface area contributed by atoms with Crippen molar-refractivity contribution in [1.82, 2.24) is 0 Å². The predicted molar refractivity (Wildman–Crippen MR) is 57.5 cm³/mol. The van der Waals surface area contributed by atoms with Crippen molar-refractivity contribution in [3.63, 3.8) is 0 Å². The van der Waals surface area contributed by atoms with Gasteiger partial charge in [-0.2, -0.15) is 0 Å². The van der Waals surface area contributed by atoms with Crippen molar-refractivity contribution in [1.29, 1.82) is 0 Å². The van der Waals surface area contributed by atoms with E-state index in [1.807, 2.05) is 13.0 Å². The molecule has 0 spiro atoms. The Labute approximate surface area is 93.6 Å². The van der Waals surface area contributed by atoms with Crippen LogP contribution in [0.25, 0.3) is 0 Å². The molecule has 15 heavy (non-hydrogen) atoms. The maximum Gasteiger partial charge on any atom is 0.140 e. The molecule has 0 radical (unpaired) electrons. The summed E-state index contributed by atoms with van der Waals surface area (Å²) in [7, 11) is 1.59. The predicted octanol–water partition coefficient (Wildman–Crippen LogP) is 1.87. The maximum atomic E-state index is 10.2. The zero-order valence-electron chi connectivity index (χ0n) is 8.71. The van der Waals surface area contributed by atoms with Crippen molar-refractivity contribution in [2.24, 2.45) is 0 Å². The summed E-state index contributed by atoms with van der Waals surface area (Å²) in [6, 6.07) is 3.54. The second kappa shape index (κ2) is 3.67. The largest absolute Gasteiger partial charge is 0.496 e.